The summed E-state index contributed by atoms with van der Waals surface area (Å²) in [5.41, 5.74) is 8.02. The van der Waals surface area contributed by atoms with E-state index in [0.29, 0.717) is 19.8 Å². The van der Waals surface area contributed by atoms with E-state index in [1.54, 1.807) is 18.2 Å². The molecule has 0 saturated heterocycles. The van der Waals surface area contributed by atoms with Crippen LogP contribution in [0.1, 0.15) is 44.9 Å². The highest BCUT2D eigenvalue weighted by Crippen LogP contribution is 2.38. The molecule has 182 valence electrons. The van der Waals surface area contributed by atoms with Crippen molar-refractivity contribution in [3.63, 3.8) is 0 Å². The van der Waals surface area contributed by atoms with Gasteiger partial charge in [0.1, 0.15) is 37.1 Å². The van der Waals surface area contributed by atoms with Gasteiger partial charge in [0, 0.05) is 5.92 Å². The third-order valence-corrected chi connectivity index (χ3v) is 5.94. The average Bonchev–Trinajstić information content (AvgIpc) is 2.83. The summed E-state index contributed by atoms with van der Waals surface area (Å²) in [6, 6.07) is 17.3. The van der Waals surface area contributed by atoms with Crippen molar-refractivity contribution in [1.82, 2.24) is 0 Å². The lowest BCUT2D eigenvalue weighted by atomic mass is 9.82. The van der Waals surface area contributed by atoms with Crippen LogP contribution in [0.3, 0.4) is 0 Å². The SMILES string of the molecule is C=CCOc1ccc(C(c2ccc(OCC=C)c(C)c2)c2cc(C)c(OCC=C)c(C)c2)cc1C. The minimum Gasteiger partial charge on any atom is -0.489 e. The van der Waals surface area contributed by atoms with Gasteiger partial charge in [0.2, 0.25) is 0 Å². The van der Waals surface area contributed by atoms with Gasteiger partial charge >= 0.3 is 0 Å². The Balaban J connectivity index is 2.12. The smallest absolute Gasteiger partial charge is 0.125 e. The van der Waals surface area contributed by atoms with Gasteiger partial charge in [-0.05, 0) is 78.8 Å². The van der Waals surface area contributed by atoms with E-state index in [9.17, 15) is 0 Å². The first-order valence-electron chi connectivity index (χ1n) is 11.9. The Bertz CT molecular complexity index is 1120. The highest BCUT2D eigenvalue weighted by molar-refractivity contribution is 5.53. The minimum absolute atomic E-state index is 0.0418. The predicted octanol–water partition coefficient (Wildman–Crippen LogP) is 7.79. The predicted molar refractivity (Wildman–Crippen MR) is 146 cm³/mol. The number of hydrogen-bond acceptors (Lipinski definition) is 3. The fourth-order valence-corrected chi connectivity index (χ4v) is 4.42. The lowest BCUT2D eigenvalue weighted by Crippen LogP contribution is -2.08. The Morgan fingerprint density at radius 1 is 0.571 bits per heavy atom. The van der Waals surface area contributed by atoms with Crippen molar-refractivity contribution in [3.05, 3.63) is 125 Å². The van der Waals surface area contributed by atoms with Crippen LogP contribution in [0, 0.1) is 27.7 Å². The van der Waals surface area contributed by atoms with Crippen LogP contribution in [0.4, 0.5) is 0 Å². The normalized spacial score (nSPS) is 10.7. The Morgan fingerprint density at radius 3 is 1.37 bits per heavy atom. The van der Waals surface area contributed by atoms with Gasteiger partial charge in [0.25, 0.3) is 0 Å². The maximum atomic E-state index is 5.94. The summed E-state index contributed by atoms with van der Waals surface area (Å²) in [6.07, 6.45) is 5.29. The molecule has 3 aromatic rings. The average molecular weight is 469 g/mol. The lowest BCUT2D eigenvalue weighted by molar-refractivity contribution is 0.358. The second kappa shape index (κ2) is 12.1. The maximum absolute atomic E-state index is 5.94. The van der Waals surface area contributed by atoms with Crippen LogP contribution in [0.15, 0.2) is 86.5 Å². The summed E-state index contributed by atoms with van der Waals surface area (Å²) in [5.74, 6) is 2.70. The summed E-state index contributed by atoms with van der Waals surface area (Å²) in [4.78, 5) is 0. The third kappa shape index (κ3) is 6.24. The van der Waals surface area contributed by atoms with Crippen LogP contribution >= 0.6 is 0 Å². The molecule has 0 atom stereocenters. The molecule has 0 aliphatic rings. The Hall–Kier alpha value is -3.72. The molecule has 3 heteroatoms. The molecule has 3 rings (SSSR count). The second-order valence-corrected chi connectivity index (χ2v) is 8.77. The van der Waals surface area contributed by atoms with Crippen molar-refractivity contribution in [1.29, 1.82) is 0 Å². The van der Waals surface area contributed by atoms with Crippen LogP contribution in [-0.4, -0.2) is 19.8 Å². The zero-order valence-corrected chi connectivity index (χ0v) is 21.4. The molecule has 0 unspecified atom stereocenters. The number of hydrogen-bond donors (Lipinski definition) is 0. The number of aryl methyl sites for hydroxylation is 4. The minimum atomic E-state index is 0.0418. The van der Waals surface area contributed by atoms with Gasteiger partial charge in [0.05, 0.1) is 0 Å². The molecule has 0 saturated carbocycles. The van der Waals surface area contributed by atoms with Crippen LogP contribution in [0.2, 0.25) is 0 Å². The van der Waals surface area contributed by atoms with E-state index in [2.05, 4.69) is 96.0 Å². The van der Waals surface area contributed by atoms with Crippen molar-refractivity contribution >= 4 is 0 Å². The van der Waals surface area contributed by atoms with Gasteiger partial charge < -0.3 is 14.2 Å². The topological polar surface area (TPSA) is 27.7 Å². The monoisotopic (exact) mass is 468 g/mol. The fraction of sp³-hybridized carbons (Fsp3) is 0.250. The first-order chi connectivity index (χ1) is 16.9. The molecule has 3 aromatic carbocycles. The molecular formula is C32H36O3. The van der Waals surface area contributed by atoms with E-state index in [4.69, 9.17) is 14.2 Å². The van der Waals surface area contributed by atoms with Gasteiger partial charge in [-0.25, -0.2) is 0 Å². The summed E-state index contributed by atoms with van der Waals surface area (Å²) in [6.45, 7) is 21.1. The maximum Gasteiger partial charge on any atom is 0.125 e. The zero-order valence-electron chi connectivity index (χ0n) is 21.4. The molecule has 3 nitrogen and oxygen atoms in total. The van der Waals surface area contributed by atoms with Crippen molar-refractivity contribution in [2.75, 3.05) is 19.8 Å². The van der Waals surface area contributed by atoms with Crippen LogP contribution in [0.25, 0.3) is 0 Å². The van der Waals surface area contributed by atoms with Crippen LogP contribution in [-0.2, 0) is 0 Å². The van der Waals surface area contributed by atoms with Gasteiger partial charge in [-0.15, -0.1) is 0 Å². The van der Waals surface area contributed by atoms with E-state index in [1.807, 2.05) is 0 Å². The first-order valence-corrected chi connectivity index (χ1v) is 11.9. The molecule has 0 radical (unpaired) electrons. The van der Waals surface area contributed by atoms with Crippen molar-refractivity contribution in [2.24, 2.45) is 0 Å². The molecule has 0 aliphatic heterocycles. The third-order valence-electron chi connectivity index (χ3n) is 5.94. The molecule has 35 heavy (non-hydrogen) atoms. The van der Waals surface area contributed by atoms with Gasteiger partial charge in [0.15, 0.2) is 0 Å². The first kappa shape index (κ1) is 25.9. The Morgan fingerprint density at radius 2 is 0.971 bits per heavy atom. The molecule has 0 aliphatic carbocycles. The summed E-state index contributed by atoms with van der Waals surface area (Å²) in [5, 5.41) is 0. The van der Waals surface area contributed by atoms with E-state index in [-0.39, 0.29) is 5.92 Å². The van der Waals surface area contributed by atoms with E-state index in [0.717, 1.165) is 39.5 Å². The van der Waals surface area contributed by atoms with Gasteiger partial charge in [-0.2, -0.15) is 0 Å². The summed E-state index contributed by atoms with van der Waals surface area (Å²) < 4.78 is 17.6. The molecule has 0 heterocycles. The van der Waals surface area contributed by atoms with Crippen molar-refractivity contribution in [2.45, 2.75) is 33.6 Å². The molecule has 0 aromatic heterocycles. The molecule has 0 bridgehead atoms. The number of rotatable bonds is 12. The summed E-state index contributed by atoms with van der Waals surface area (Å²) in [7, 11) is 0. The standard InChI is InChI=1S/C32H36O3/c1-8-15-33-29-13-11-26(18-22(29)4)31(27-12-14-30(23(5)19-27)34-16-9-2)28-20-24(6)32(25(7)21-28)35-17-10-3/h8-14,18-21,31H,1-3,15-17H2,4-7H3. The van der Waals surface area contributed by atoms with Crippen molar-refractivity contribution < 1.29 is 14.2 Å². The molecular weight excluding hydrogens is 432 g/mol. The molecule has 0 spiro atoms. The Labute approximate surface area is 210 Å². The molecule has 0 amide bonds. The summed E-state index contributed by atoms with van der Waals surface area (Å²) >= 11 is 0. The number of benzene rings is 3. The Kier molecular flexibility index (Phi) is 8.97. The quantitative estimate of drug-likeness (QED) is 0.200. The van der Waals surface area contributed by atoms with Gasteiger partial charge in [-0.3, -0.25) is 0 Å². The van der Waals surface area contributed by atoms with Crippen molar-refractivity contribution in [3.8, 4) is 17.2 Å². The van der Waals surface area contributed by atoms with Crippen LogP contribution in [0.5, 0.6) is 17.2 Å². The number of ether oxygens (including phenoxy) is 3. The highest BCUT2D eigenvalue weighted by atomic mass is 16.5. The lowest BCUT2D eigenvalue weighted by Gasteiger charge is -2.23. The van der Waals surface area contributed by atoms with Gasteiger partial charge in [-0.1, -0.05) is 74.4 Å². The second-order valence-electron chi connectivity index (χ2n) is 8.77. The highest BCUT2D eigenvalue weighted by Gasteiger charge is 2.21. The molecule has 0 fully saturated rings. The largest absolute Gasteiger partial charge is 0.489 e. The molecule has 0 N–H and O–H groups in total. The van der Waals surface area contributed by atoms with E-state index >= 15 is 0 Å². The fourth-order valence-electron chi connectivity index (χ4n) is 4.42. The van der Waals surface area contributed by atoms with E-state index < -0.39 is 0 Å². The van der Waals surface area contributed by atoms with E-state index in [1.165, 1.54) is 16.7 Å². The van der Waals surface area contributed by atoms with Crippen LogP contribution < -0.4 is 14.2 Å². The zero-order chi connectivity index (χ0) is 25.4.